The molecule has 19 heavy (non-hydrogen) atoms. The monoisotopic (exact) mass is 272 g/mol. The van der Waals surface area contributed by atoms with Crippen LogP contribution in [0.2, 0.25) is 0 Å². The summed E-state index contributed by atoms with van der Waals surface area (Å²) in [6, 6.07) is 10.6. The molecule has 0 aliphatic heterocycles. The first-order chi connectivity index (χ1) is 9.24. The first kappa shape index (κ1) is 15.7. The van der Waals surface area contributed by atoms with Gasteiger partial charge in [-0.25, -0.2) is 0 Å². The standard InChI is InChI=1S/C18H25P/c1-5-14-19(15-6-2,16-7-3)18(8-4)17-12-10-9-11-13-17/h5-13,18-19H,1-4,14-16H2. The maximum absolute atomic E-state index is 4.08. The fourth-order valence-electron chi connectivity index (χ4n) is 2.89. The van der Waals surface area contributed by atoms with Gasteiger partial charge in [-0.3, -0.25) is 0 Å². The number of hydrogen-bond donors (Lipinski definition) is 0. The summed E-state index contributed by atoms with van der Waals surface area (Å²) in [6.07, 6.45) is 11.5. The molecule has 0 fully saturated rings. The quantitative estimate of drug-likeness (QED) is 0.427. The molecule has 0 heterocycles. The summed E-state index contributed by atoms with van der Waals surface area (Å²) in [5, 5.41) is 0. The van der Waals surface area contributed by atoms with Crippen LogP contribution in [0, 0.1) is 0 Å². The van der Waals surface area contributed by atoms with E-state index in [1.54, 1.807) is 0 Å². The van der Waals surface area contributed by atoms with Crippen LogP contribution in [0.15, 0.2) is 81.0 Å². The van der Waals surface area contributed by atoms with Crippen LogP contribution < -0.4 is 0 Å². The Kier molecular flexibility index (Phi) is 6.53. The topological polar surface area (TPSA) is 0 Å². The van der Waals surface area contributed by atoms with Gasteiger partial charge in [0.1, 0.15) is 0 Å². The van der Waals surface area contributed by atoms with Crippen molar-refractivity contribution in [1.82, 2.24) is 0 Å². The molecule has 1 rings (SSSR count). The maximum atomic E-state index is 4.08. The Bertz CT molecular complexity index is 404. The first-order valence-electron chi connectivity index (χ1n) is 6.74. The first-order valence-corrected chi connectivity index (χ1v) is 9.44. The van der Waals surface area contributed by atoms with E-state index >= 15 is 0 Å². The Labute approximate surface area is 118 Å². The SMILES string of the molecule is C=CC[PH](CC=C)(CC=C)C(C=C)c1ccccc1. The second-order valence-electron chi connectivity index (χ2n) is 4.96. The van der Waals surface area contributed by atoms with Gasteiger partial charge in [-0.1, -0.05) is 0 Å². The summed E-state index contributed by atoms with van der Waals surface area (Å²) >= 11 is 0. The molecule has 0 nitrogen and oxygen atoms in total. The average molecular weight is 272 g/mol. The Balaban J connectivity index is 3.24. The van der Waals surface area contributed by atoms with Crippen LogP contribution in [0.4, 0.5) is 0 Å². The van der Waals surface area contributed by atoms with E-state index in [1.807, 2.05) is 0 Å². The van der Waals surface area contributed by atoms with Crippen LogP contribution in [0.25, 0.3) is 0 Å². The fourth-order valence-corrected chi connectivity index (χ4v) is 7.28. The Morgan fingerprint density at radius 2 is 1.32 bits per heavy atom. The second-order valence-corrected chi connectivity index (χ2v) is 9.54. The minimum atomic E-state index is -1.64. The summed E-state index contributed by atoms with van der Waals surface area (Å²) in [5.74, 6) is 0. The van der Waals surface area contributed by atoms with E-state index in [0.717, 1.165) is 18.5 Å². The minimum absolute atomic E-state index is 0.419. The van der Waals surface area contributed by atoms with Crippen molar-refractivity contribution in [3.63, 3.8) is 0 Å². The van der Waals surface area contributed by atoms with E-state index in [-0.39, 0.29) is 0 Å². The van der Waals surface area contributed by atoms with Gasteiger partial charge < -0.3 is 0 Å². The van der Waals surface area contributed by atoms with E-state index in [1.165, 1.54) is 5.56 Å². The molecule has 0 saturated heterocycles. The van der Waals surface area contributed by atoms with E-state index in [0.29, 0.717) is 5.66 Å². The van der Waals surface area contributed by atoms with Gasteiger partial charge in [0.05, 0.1) is 0 Å². The van der Waals surface area contributed by atoms with Gasteiger partial charge in [0.2, 0.25) is 0 Å². The van der Waals surface area contributed by atoms with Crippen LogP contribution in [0.5, 0.6) is 0 Å². The molecule has 0 aliphatic rings. The summed E-state index contributed by atoms with van der Waals surface area (Å²) < 4.78 is 0. The summed E-state index contributed by atoms with van der Waals surface area (Å²) in [5.41, 5.74) is 1.78. The van der Waals surface area contributed by atoms with Crippen molar-refractivity contribution >= 4 is 7.26 Å². The van der Waals surface area contributed by atoms with Crippen LogP contribution in [0.3, 0.4) is 0 Å². The molecule has 0 radical (unpaired) electrons. The van der Waals surface area contributed by atoms with Crippen LogP contribution in [0.1, 0.15) is 11.2 Å². The van der Waals surface area contributed by atoms with Gasteiger partial charge in [0.25, 0.3) is 0 Å². The van der Waals surface area contributed by atoms with Gasteiger partial charge in [-0.2, -0.15) is 0 Å². The van der Waals surface area contributed by atoms with Gasteiger partial charge >= 0.3 is 118 Å². The van der Waals surface area contributed by atoms with E-state index < -0.39 is 7.26 Å². The van der Waals surface area contributed by atoms with Crippen LogP contribution >= 0.6 is 7.26 Å². The van der Waals surface area contributed by atoms with Crippen molar-refractivity contribution < 1.29 is 0 Å². The third-order valence-electron chi connectivity index (χ3n) is 3.71. The number of allylic oxidation sites excluding steroid dienone is 4. The normalized spacial score (nSPS) is 13.3. The molecular weight excluding hydrogens is 247 g/mol. The van der Waals surface area contributed by atoms with E-state index in [4.69, 9.17) is 0 Å². The van der Waals surface area contributed by atoms with Gasteiger partial charge in [-0.05, 0) is 0 Å². The Morgan fingerprint density at radius 3 is 1.68 bits per heavy atom. The van der Waals surface area contributed by atoms with Crippen molar-refractivity contribution in [2.75, 3.05) is 18.5 Å². The van der Waals surface area contributed by atoms with Gasteiger partial charge in [-0.15, -0.1) is 0 Å². The summed E-state index contributed by atoms with van der Waals surface area (Å²) in [6.45, 7) is 15.9. The molecule has 1 unspecified atom stereocenters. The molecule has 0 saturated carbocycles. The van der Waals surface area contributed by atoms with Crippen LogP contribution in [-0.2, 0) is 0 Å². The molecule has 1 atom stereocenters. The molecule has 1 aromatic carbocycles. The molecule has 102 valence electrons. The van der Waals surface area contributed by atoms with E-state index in [2.05, 4.69) is 81.0 Å². The zero-order chi connectivity index (χ0) is 14.1. The summed E-state index contributed by atoms with van der Waals surface area (Å²) in [4.78, 5) is 0. The predicted octanol–water partition coefficient (Wildman–Crippen LogP) is 5.22. The van der Waals surface area contributed by atoms with Crippen LogP contribution in [-0.4, -0.2) is 18.5 Å². The molecule has 0 aliphatic carbocycles. The molecule has 0 aromatic heterocycles. The average Bonchev–Trinajstić information content (AvgIpc) is 2.41. The molecular formula is C18H25P. The third-order valence-corrected chi connectivity index (χ3v) is 8.90. The second kappa shape index (κ2) is 7.92. The van der Waals surface area contributed by atoms with Crippen molar-refractivity contribution in [3.8, 4) is 0 Å². The zero-order valence-corrected chi connectivity index (χ0v) is 12.7. The molecule has 0 bridgehead atoms. The van der Waals surface area contributed by atoms with Crippen molar-refractivity contribution in [1.29, 1.82) is 0 Å². The number of hydrogen-bond acceptors (Lipinski definition) is 0. The predicted molar refractivity (Wildman–Crippen MR) is 92.9 cm³/mol. The van der Waals surface area contributed by atoms with Crippen molar-refractivity contribution in [2.45, 2.75) is 5.66 Å². The molecule has 0 spiro atoms. The molecule has 1 aromatic rings. The van der Waals surface area contributed by atoms with Crippen molar-refractivity contribution in [3.05, 3.63) is 86.5 Å². The number of rotatable bonds is 9. The molecule has 0 amide bonds. The third kappa shape index (κ3) is 3.78. The Morgan fingerprint density at radius 1 is 0.842 bits per heavy atom. The van der Waals surface area contributed by atoms with E-state index in [9.17, 15) is 0 Å². The number of benzene rings is 1. The molecule has 0 N–H and O–H groups in total. The van der Waals surface area contributed by atoms with Gasteiger partial charge in [0, 0.05) is 0 Å². The van der Waals surface area contributed by atoms with Crippen molar-refractivity contribution in [2.24, 2.45) is 0 Å². The summed E-state index contributed by atoms with van der Waals surface area (Å²) in [7, 11) is -1.64. The van der Waals surface area contributed by atoms with Gasteiger partial charge in [0.15, 0.2) is 0 Å². The Hall–Kier alpha value is -1.39. The fraction of sp³-hybridized carbons (Fsp3) is 0.222. The zero-order valence-electron chi connectivity index (χ0n) is 11.7. The molecule has 1 heteroatoms.